The molecule has 5 nitrogen and oxygen atoms in total. The van der Waals surface area contributed by atoms with E-state index in [0.717, 1.165) is 12.1 Å². The van der Waals surface area contributed by atoms with Crippen LogP contribution in [-0.2, 0) is 34.0 Å². The number of rotatable bonds is 6. The lowest BCUT2D eigenvalue weighted by Crippen LogP contribution is -2.24. The molecule has 0 radical (unpaired) electrons. The van der Waals surface area contributed by atoms with E-state index in [9.17, 15) is 26.4 Å². The Balaban J connectivity index is 1.91. The van der Waals surface area contributed by atoms with E-state index in [2.05, 4.69) is 10.0 Å². The summed E-state index contributed by atoms with van der Waals surface area (Å²) in [7, 11) is -2.21. The van der Waals surface area contributed by atoms with E-state index in [4.69, 9.17) is 0 Å². The highest BCUT2D eigenvalue weighted by Crippen LogP contribution is 2.29. The number of benzene rings is 2. The average molecular weight is 386 g/mol. The van der Waals surface area contributed by atoms with Gasteiger partial charge in [-0.1, -0.05) is 24.3 Å². The first-order valence-corrected chi connectivity index (χ1v) is 9.05. The van der Waals surface area contributed by atoms with Gasteiger partial charge < -0.3 is 5.32 Å². The molecule has 1 amide bonds. The zero-order chi connectivity index (χ0) is 19.4. The largest absolute Gasteiger partial charge is 0.416 e. The molecule has 0 bridgehead atoms. The molecule has 0 aliphatic heterocycles. The van der Waals surface area contributed by atoms with Gasteiger partial charge in [-0.05, 0) is 42.4 Å². The number of sulfonamides is 1. The van der Waals surface area contributed by atoms with E-state index >= 15 is 0 Å². The molecule has 26 heavy (non-hydrogen) atoms. The molecule has 0 aliphatic rings. The van der Waals surface area contributed by atoms with Crippen LogP contribution in [0.5, 0.6) is 0 Å². The van der Waals surface area contributed by atoms with Crippen LogP contribution in [0.4, 0.5) is 13.2 Å². The van der Waals surface area contributed by atoms with Crippen LogP contribution in [0.1, 0.15) is 16.7 Å². The van der Waals surface area contributed by atoms with Gasteiger partial charge >= 0.3 is 6.18 Å². The number of alkyl halides is 3. The van der Waals surface area contributed by atoms with Crippen molar-refractivity contribution in [3.63, 3.8) is 0 Å². The fraction of sp³-hybridized carbons (Fsp3) is 0.235. The number of halogens is 3. The van der Waals surface area contributed by atoms with Crippen LogP contribution in [0.2, 0.25) is 0 Å². The number of carbonyl (C=O) groups excluding carboxylic acids is 1. The molecule has 0 fully saturated rings. The van der Waals surface area contributed by atoms with Crippen LogP contribution in [0.3, 0.4) is 0 Å². The van der Waals surface area contributed by atoms with Gasteiger partial charge in [-0.25, -0.2) is 13.1 Å². The summed E-state index contributed by atoms with van der Waals surface area (Å²) >= 11 is 0. The summed E-state index contributed by atoms with van der Waals surface area (Å²) in [6.45, 7) is 0.180. The van der Waals surface area contributed by atoms with E-state index in [-0.39, 0.29) is 23.8 Å². The van der Waals surface area contributed by atoms with Crippen LogP contribution in [0, 0.1) is 0 Å². The van der Waals surface area contributed by atoms with E-state index in [1.54, 1.807) is 12.1 Å². The summed E-state index contributed by atoms with van der Waals surface area (Å²) in [6, 6.07) is 10.4. The summed E-state index contributed by atoms with van der Waals surface area (Å²) in [4.78, 5) is 12.0. The van der Waals surface area contributed by atoms with Gasteiger partial charge in [-0.2, -0.15) is 13.2 Å². The van der Waals surface area contributed by atoms with Gasteiger partial charge in [-0.15, -0.1) is 0 Å². The zero-order valence-corrected chi connectivity index (χ0v) is 14.6. The molecule has 0 atom stereocenters. The van der Waals surface area contributed by atoms with Crippen LogP contribution in [0.15, 0.2) is 53.4 Å². The van der Waals surface area contributed by atoms with Gasteiger partial charge in [0.1, 0.15) is 0 Å². The summed E-state index contributed by atoms with van der Waals surface area (Å²) in [5, 5.41) is 2.64. The van der Waals surface area contributed by atoms with E-state index < -0.39 is 21.8 Å². The molecular formula is C17H17F3N2O3S. The van der Waals surface area contributed by atoms with Crippen LogP contribution in [0.25, 0.3) is 0 Å². The van der Waals surface area contributed by atoms with Crippen molar-refractivity contribution < 1.29 is 26.4 Å². The number of amides is 1. The average Bonchev–Trinajstić information content (AvgIpc) is 2.60. The van der Waals surface area contributed by atoms with Crippen LogP contribution >= 0.6 is 0 Å². The van der Waals surface area contributed by atoms with Gasteiger partial charge in [0.2, 0.25) is 15.9 Å². The van der Waals surface area contributed by atoms with Crippen molar-refractivity contribution >= 4 is 15.9 Å². The molecule has 140 valence electrons. The van der Waals surface area contributed by atoms with Crippen LogP contribution < -0.4 is 10.0 Å². The quantitative estimate of drug-likeness (QED) is 0.801. The Bertz CT molecular complexity index is 862. The Morgan fingerprint density at radius 3 is 2.00 bits per heavy atom. The third kappa shape index (κ3) is 5.30. The molecule has 9 heteroatoms. The Morgan fingerprint density at radius 1 is 0.962 bits per heavy atom. The highest BCUT2D eigenvalue weighted by molar-refractivity contribution is 7.89. The van der Waals surface area contributed by atoms with Crippen molar-refractivity contribution in [2.75, 3.05) is 7.05 Å². The SMILES string of the molecule is CNS(=O)(=O)c1ccc(CNC(=O)Cc2ccc(C(F)(F)F)cc2)cc1. The lowest BCUT2D eigenvalue weighted by molar-refractivity contribution is -0.137. The maximum Gasteiger partial charge on any atom is 0.416 e. The number of hydrogen-bond acceptors (Lipinski definition) is 3. The molecule has 0 spiro atoms. The van der Waals surface area contributed by atoms with Crippen molar-refractivity contribution in [1.82, 2.24) is 10.0 Å². The van der Waals surface area contributed by atoms with Crippen molar-refractivity contribution in [1.29, 1.82) is 0 Å². The maximum atomic E-state index is 12.5. The second-order valence-corrected chi connectivity index (χ2v) is 7.39. The standard InChI is InChI=1S/C17H17F3N2O3S/c1-21-26(24,25)15-8-4-13(5-9-15)11-22-16(23)10-12-2-6-14(7-3-12)17(18,19)20/h2-9,21H,10-11H2,1H3,(H,22,23). The lowest BCUT2D eigenvalue weighted by atomic mass is 10.1. The van der Waals surface area contributed by atoms with Gasteiger partial charge in [-0.3, -0.25) is 4.79 Å². The molecule has 2 rings (SSSR count). The lowest BCUT2D eigenvalue weighted by Gasteiger charge is -2.09. The fourth-order valence-electron chi connectivity index (χ4n) is 2.16. The smallest absolute Gasteiger partial charge is 0.352 e. The Labute approximate surface area is 149 Å². The predicted molar refractivity (Wildman–Crippen MR) is 89.7 cm³/mol. The molecule has 0 saturated heterocycles. The summed E-state index contributed by atoms with van der Waals surface area (Å²) in [5.74, 6) is -0.350. The minimum atomic E-state index is -4.41. The van der Waals surface area contributed by atoms with Crippen molar-refractivity contribution in [2.45, 2.75) is 24.0 Å². The Hall–Kier alpha value is -2.39. The highest BCUT2D eigenvalue weighted by atomic mass is 32.2. The fourth-order valence-corrected chi connectivity index (χ4v) is 2.89. The predicted octanol–water partition coefficient (Wildman–Crippen LogP) is 2.47. The summed E-state index contributed by atoms with van der Waals surface area (Å²) in [6.07, 6.45) is -4.46. The normalized spacial score (nSPS) is 12.0. The first-order valence-electron chi connectivity index (χ1n) is 7.57. The summed E-state index contributed by atoms with van der Waals surface area (Å²) < 4.78 is 62.9. The monoisotopic (exact) mass is 386 g/mol. The van der Waals surface area contributed by atoms with Crippen molar-refractivity contribution in [3.05, 3.63) is 65.2 Å². The second-order valence-electron chi connectivity index (χ2n) is 5.50. The number of carbonyl (C=O) groups is 1. The zero-order valence-electron chi connectivity index (χ0n) is 13.8. The molecule has 2 aromatic rings. The van der Waals surface area contributed by atoms with E-state index in [1.807, 2.05) is 0 Å². The molecule has 2 aromatic carbocycles. The van der Waals surface area contributed by atoms with Gasteiger partial charge in [0.25, 0.3) is 0 Å². The Kier molecular flexibility index (Phi) is 6.04. The molecule has 0 aromatic heterocycles. The molecule has 2 N–H and O–H groups in total. The first kappa shape index (κ1) is 19.9. The molecule has 0 unspecified atom stereocenters. The molecule has 0 aliphatic carbocycles. The van der Waals surface area contributed by atoms with E-state index in [0.29, 0.717) is 11.1 Å². The second kappa shape index (κ2) is 7.88. The summed E-state index contributed by atoms with van der Waals surface area (Å²) in [5.41, 5.74) is 0.394. The minimum Gasteiger partial charge on any atom is -0.352 e. The highest BCUT2D eigenvalue weighted by Gasteiger charge is 2.29. The topological polar surface area (TPSA) is 75.3 Å². The Morgan fingerprint density at radius 2 is 1.50 bits per heavy atom. The maximum absolute atomic E-state index is 12.5. The first-order chi connectivity index (χ1) is 12.1. The van der Waals surface area contributed by atoms with Crippen molar-refractivity contribution in [3.8, 4) is 0 Å². The molecule has 0 heterocycles. The number of nitrogens with one attached hydrogen (secondary N) is 2. The third-order valence-electron chi connectivity index (χ3n) is 3.64. The van der Waals surface area contributed by atoms with Crippen molar-refractivity contribution in [2.24, 2.45) is 0 Å². The minimum absolute atomic E-state index is 0.0512. The molecule has 0 saturated carbocycles. The van der Waals surface area contributed by atoms with E-state index in [1.165, 1.54) is 31.3 Å². The number of hydrogen-bond donors (Lipinski definition) is 2. The van der Waals surface area contributed by atoms with Crippen LogP contribution in [-0.4, -0.2) is 21.4 Å². The molecular weight excluding hydrogens is 369 g/mol. The van der Waals surface area contributed by atoms with Gasteiger partial charge in [0.05, 0.1) is 16.9 Å². The van der Waals surface area contributed by atoms with Gasteiger partial charge in [0, 0.05) is 6.54 Å². The third-order valence-corrected chi connectivity index (χ3v) is 5.07. The van der Waals surface area contributed by atoms with Gasteiger partial charge in [0.15, 0.2) is 0 Å².